The monoisotopic (exact) mass is 418 g/mol. The summed E-state index contributed by atoms with van der Waals surface area (Å²) in [5, 5.41) is 21.3. The molecule has 0 bridgehead atoms. The first-order valence-corrected chi connectivity index (χ1v) is 10.3. The zero-order valence-electron chi connectivity index (χ0n) is 17.6. The van der Waals surface area contributed by atoms with Crippen LogP contribution in [0.3, 0.4) is 0 Å². The Morgan fingerprint density at radius 3 is 2.45 bits per heavy atom. The van der Waals surface area contributed by atoms with Crippen molar-refractivity contribution in [2.45, 2.75) is 44.4 Å². The van der Waals surface area contributed by atoms with Gasteiger partial charge in [-0.3, -0.25) is 14.3 Å². The smallest absolute Gasteiger partial charge is 0.231 e. The number of halogens is 1. The standard InChI is InChI=1S/C20H27FN6OS/c1-13(2)20(4,12-22)23-17(28)11-29-19-25-24-18(14(3)26(5)6)27(19)16-9-7-15(21)8-10-16/h7-10,13-14H,11H2,1-6H3,(H,23,28)/t14-,20+/m0/s1. The molecule has 0 aliphatic rings. The van der Waals surface area contributed by atoms with Gasteiger partial charge in [0.25, 0.3) is 0 Å². The molecule has 1 aromatic heterocycles. The van der Waals surface area contributed by atoms with Gasteiger partial charge in [-0.2, -0.15) is 5.26 Å². The van der Waals surface area contributed by atoms with Crippen molar-refractivity contribution in [3.05, 3.63) is 35.9 Å². The molecular formula is C20H27FN6OS. The van der Waals surface area contributed by atoms with Gasteiger partial charge in [0.1, 0.15) is 11.4 Å². The molecule has 7 nitrogen and oxygen atoms in total. The van der Waals surface area contributed by atoms with Crippen molar-refractivity contribution in [2.24, 2.45) is 5.92 Å². The van der Waals surface area contributed by atoms with Crippen LogP contribution in [-0.4, -0.2) is 51.0 Å². The molecule has 156 valence electrons. The van der Waals surface area contributed by atoms with Crippen LogP contribution in [0.5, 0.6) is 0 Å². The lowest BCUT2D eigenvalue weighted by Crippen LogP contribution is -2.49. The minimum absolute atomic E-state index is 0.0307. The van der Waals surface area contributed by atoms with E-state index in [9.17, 15) is 14.4 Å². The fourth-order valence-corrected chi connectivity index (χ4v) is 3.23. The highest BCUT2D eigenvalue weighted by atomic mass is 32.2. The molecule has 0 aliphatic heterocycles. The van der Waals surface area contributed by atoms with Crippen LogP contribution in [0.4, 0.5) is 4.39 Å². The Labute approximate surface area is 175 Å². The van der Waals surface area contributed by atoms with Gasteiger partial charge < -0.3 is 5.32 Å². The van der Waals surface area contributed by atoms with Gasteiger partial charge in [-0.1, -0.05) is 25.6 Å². The lowest BCUT2D eigenvalue weighted by atomic mass is 9.90. The van der Waals surface area contributed by atoms with Gasteiger partial charge in [0.2, 0.25) is 5.91 Å². The van der Waals surface area contributed by atoms with E-state index in [2.05, 4.69) is 21.6 Å². The van der Waals surface area contributed by atoms with E-state index in [1.807, 2.05) is 44.3 Å². The van der Waals surface area contributed by atoms with Crippen molar-refractivity contribution in [3.63, 3.8) is 0 Å². The number of nitrogens with zero attached hydrogens (tertiary/aromatic N) is 5. The molecule has 1 aromatic carbocycles. The lowest BCUT2D eigenvalue weighted by Gasteiger charge is -2.27. The molecule has 0 unspecified atom stereocenters. The highest BCUT2D eigenvalue weighted by molar-refractivity contribution is 7.99. The van der Waals surface area contributed by atoms with Gasteiger partial charge in [0.15, 0.2) is 11.0 Å². The van der Waals surface area contributed by atoms with Crippen LogP contribution in [0.15, 0.2) is 29.4 Å². The van der Waals surface area contributed by atoms with Gasteiger partial charge in [0.05, 0.1) is 17.9 Å². The molecule has 1 N–H and O–H groups in total. The van der Waals surface area contributed by atoms with Crippen LogP contribution in [0, 0.1) is 23.1 Å². The summed E-state index contributed by atoms with van der Waals surface area (Å²) >= 11 is 1.22. The number of hydrogen-bond donors (Lipinski definition) is 1. The summed E-state index contributed by atoms with van der Waals surface area (Å²) in [6.07, 6.45) is 0. The Morgan fingerprint density at radius 2 is 1.93 bits per heavy atom. The summed E-state index contributed by atoms with van der Waals surface area (Å²) in [6.45, 7) is 7.47. The first-order chi connectivity index (χ1) is 13.6. The first kappa shape index (κ1) is 22.8. The maximum absolute atomic E-state index is 13.4. The Morgan fingerprint density at radius 1 is 1.31 bits per heavy atom. The van der Waals surface area contributed by atoms with E-state index in [4.69, 9.17) is 0 Å². The Bertz CT molecular complexity index is 889. The van der Waals surface area contributed by atoms with Crippen LogP contribution >= 0.6 is 11.8 Å². The van der Waals surface area contributed by atoms with Crippen molar-refractivity contribution < 1.29 is 9.18 Å². The first-order valence-electron chi connectivity index (χ1n) is 9.31. The summed E-state index contributed by atoms with van der Waals surface area (Å²) in [5.41, 5.74) is -0.223. The van der Waals surface area contributed by atoms with E-state index >= 15 is 0 Å². The molecule has 0 saturated heterocycles. The van der Waals surface area contributed by atoms with Crippen molar-refractivity contribution in [3.8, 4) is 11.8 Å². The average molecular weight is 419 g/mol. The van der Waals surface area contributed by atoms with E-state index in [0.29, 0.717) is 16.7 Å². The SMILES string of the molecule is CC(C)[C@@](C)(C#N)NC(=O)CSc1nnc([C@H](C)N(C)C)n1-c1ccc(F)cc1. The molecule has 2 rings (SSSR count). The highest BCUT2D eigenvalue weighted by Gasteiger charge is 2.30. The van der Waals surface area contributed by atoms with Crippen molar-refractivity contribution in [1.82, 2.24) is 25.0 Å². The quantitative estimate of drug-likeness (QED) is 0.663. The largest absolute Gasteiger partial charge is 0.337 e. The van der Waals surface area contributed by atoms with Gasteiger partial charge in [-0.05, 0) is 58.1 Å². The van der Waals surface area contributed by atoms with E-state index in [0.717, 1.165) is 0 Å². The van der Waals surface area contributed by atoms with Crippen molar-refractivity contribution >= 4 is 17.7 Å². The fourth-order valence-electron chi connectivity index (χ4n) is 2.47. The van der Waals surface area contributed by atoms with Crippen LogP contribution in [0.1, 0.15) is 39.6 Å². The summed E-state index contributed by atoms with van der Waals surface area (Å²) in [6, 6.07) is 8.18. The number of amides is 1. The van der Waals surface area contributed by atoms with E-state index in [1.54, 1.807) is 19.1 Å². The van der Waals surface area contributed by atoms with Gasteiger partial charge in [0, 0.05) is 5.69 Å². The molecular weight excluding hydrogens is 391 g/mol. The molecule has 0 spiro atoms. The van der Waals surface area contributed by atoms with Crippen LogP contribution in [-0.2, 0) is 4.79 Å². The van der Waals surface area contributed by atoms with E-state index in [1.165, 1.54) is 23.9 Å². The summed E-state index contributed by atoms with van der Waals surface area (Å²) in [5.74, 6) is 0.149. The molecule has 29 heavy (non-hydrogen) atoms. The Kier molecular flexibility index (Phi) is 7.38. The van der Waals surface area contributed by atoms with Crippen LogP contribution < -0.4 is 5.32 Å². The lowest BCUT2D eigenvalue weighted by molar-refractivity contribution is -0.120. The molecule has 1 heterocycles. The number of hydrogen-bond acceptors (Lipinski definition) is 6. The second-order valence-corrected chi connectivity index (χ2v) is 8.54. The zero-order valence-corrected chi connectivity index (χ0v) is 18.4. The van der Waals surface area contributed by atoms with Crippen LogP contribution in [0.25, 0.3) is 5.69 Å². The number of nitrogens with one attached hydrogen (secondary N) is 1. The minimum Gasteiger partial charge on any atom is -0.337 e. The van der Waals surface area contributed by atoms with Gasteiger partial charge in [-0.25, -0.2) is 4.39 Å². The topological polar surface area (TPSA) is 86.8 Å². The molecule has 2 aromatic rings. The molecule has 1 amide bonds. The molecule has 9 heteroatoms. The molecule has 0 saturated carbocycles. The fraction of sp³-hybridized carbons (Fsp3) is 0.500. The number of thioether (sulfide) groups is 1. The van der Waals surface area contributed by atoms with Gasteiger partial charge in [-0.15, -0.1) is 10.2 Å². The second-order valence-electron chi connectivity index (χ2n) is 7.60. The number of rotatable bonds is 8. The van der Waals surface area contributed by atoms with Crippen molar-refractivity contribution in [1.29, 1.82) is 5.26 Å². The summed E-state index contributed by atoms with van der Waals surface area (Å²) in [4.78, 5) is 14.4. The molecule has 2 atom stereocenters. The zero-order chi connectivity index (χ0) is 21.8. The predicted molar refractivity (Wildman–Crippen MR) is 111 cm³/mol. The normalized spacial score (nSPS) is 14.5. The third-order valence-corrected chi connectivity index (χ3v) is 5.94. The minimum atomic E-state index is -0.938. The van der Waals surface area contributed by atoms with Crippen LogP contribution in [0.2, 0.25) is 0 Å². The molecule has 0 fully saturated rings. The van der Waals surface area contributed by atoms with Gasteiger partial charge >= 0.3 is 0 Å². The average Bonchev–Trinajstić information content (AvgIpc) is 3.09. The number of nitriles is 1. The number of carbonyl (C=O) groups excluding carboxylic acids is 1. The number of carbonyl (C=O) groups is 1. The number of aromatic nitrogens is 3. The third-order valence-electron chi connectivity index (χ3n) is 5.01. The second kappa shape index (κ2) is 9.37. The summed E-state index contributed by atoms with van der Waals surface area (Å²) in [7, 11) is 3.87. The van der Waals surface area contributed by atoms with E-state index in [-0.39, 0.29) is 29.4 Å². The Hall–Kier alpha value is -2.44. The number of benzene rings is 1. The van der Waals surface area contributed by atoms with E-state index < -0.39 is 5.54 Å². The van der Waals surface area contributed by atoms with Crippen molar-refractivity contribution in [2.75, 3.05) is 19.8 Å². The maximum atomic E-state index is 13.4. The summed E-state index contributed by atoms with van der Waals surface area (Å²) < 4.78 is 15.2. The maximum Gasteiger partial charge on any atom is 0.231 e. The molecule has 0 aliphatic carbocycles. The third kappa shape index (κ3) is 5.34. The molecule has 0 radical (unpaired) electrons. The highest BCUT2D eigenvalue weighted by Crippen LogP contribution is 2.27. The predicted octanol–water partition coefficient (Wildman–Crippen LogP) is 3.18. The Balaban J connectivity index is 2.28.